The predicted molar refractivity (Wildman–Crippen MR) is 76.3 cm³/mol. The molecule has 0 radical (unpaired) electrons. The minimum atomic E-state index is 0.656. The third-order valence-electron chi connectivity index (χ3n) is 4.11. The van der Waals surface area contributed by atoms with E-state index in [-0.39, 0.29) is 0 Å². The smallest absolute Gasteiger partial charge is 0.0254 e. The largest absolute Gasteiger partial charge is 0.315 e. The molecule has 1 N–H and O–H groups in total. The van der Waals surface area contributed by atoms with Crippen LogP contribution in [0.3, 0.4) is 0 Å². The van der Waals surface area contributed by atoms with Crippen molar-refractivity contribution in [2.24, 2.45) is 11.8 Å². The molecular formula is C15H32N2. The Labute approximate surface area is 108 Å². The van der Waals surface area contributed by atoms with E-state index in [0.29, 0.717) is 12.1 Å². The molecule has 0 spiro atoms. The maximum absolute atomic E-state index is 3.54. The van der Waals surface area contributed by atoms with Crippen LogP contribution < -0.4 is 5.32 Å². The van der Waals surface area contributed by atoms with Crippen LogP contribution in [-0.2, 0) is 0 Å². The second kappa shape index (κ2) is 6.75. The van der Waals surface area contributed by atoms with Crippen LogP contribution >= 0.6 is 0 Å². The summed E-state index contributed by atoms with van der Waals surface area (Å²) in [4.78, 5) is 2.72. The Morgan fingerprint density at radius 3 is 2.29 bits per heavy atom. The van der Waals surface area contributed by atoms with Gasteiger partial charge in [0.2, 0.25) is 0 Å². The Morgan fingerprint density at radius 1 is 1.18 bits per heavy atom. The van der Waals surface area contributed by atoms with Gasteiger partial charge in [0.05, 0.1) is 0 Å². The molecule has 17 heavy (non-hydrogen) atoms. The third-order valence-corrected chi connectivity index (χ3v) is 4.11. The molecule has 2 heteroatoms. The van der Waals surface area contributed by atoms with Gasteiger partial charge in [0.25, 0.3) is 0 Å². The van der Waals surface area contributed by atoms with Crippen molar-refractivity contribution < 1.29 is 0 Å². The minimum absolute atomic E-state index is 0.656. The Balaban J connectivity index is 2.74. The van der Waals surface area contributed by atoms with Gasteiger partial charge >= 0.3 is 0 Å². The summed E-state index contributed by atoms with van der Waals surface area (Å²) in [6.45, 7) is 13.0. The average Bonchev–Trinajstić information content (AvgIpc) is 2.25. The van der Waals surface area contributed by atoms with E-state index >= 15 is 0 Å². The highest BCUT2D eigenvalue weighted by molar-refractivity contribution is 4.91. The second-order valence-electron chi connectivity index (χ2n) is 6.57. The maximum atomic E-state index is 3.54. The molecule has 1 rings (SSSR count). The first-order valence-corrected chi connectivity index (χ1v) is 7.38. The van der Waals surface area contributed by atoms with Gasteiger partial charge in [0.15, 0.2) is 0 Å². The lowest BCUT2D eigenvalue weighted by Crippen LogP contribution is -2.55. The Hall–Kier alpha value is -0.0800. The molecule has 1 saturated carbocycles. The van der Waals surface area contributed by atoms with Gasteiger partial charge in [0, 0.05) is 24.7 Å². The molecule has 0 aliphatic heterocycles. The quantitative estimate of drug-likeness (QED) is 0.794. The van der Waals surface area contributed by atoms with Gasteiger partial charge in [-0.15, -0.1) is 0 Å². The van der Waals surface area contributed by atoms with Crippen molar-refractivity contribution in [3.8, 4) is 0 Å². The molecule has 3 atom stereocenters. The summed E-state index contributed by atoms with van der Waals surface area (Å²) >= 11 is 0. The number of hydrogen-bond donors (Lipinski definition) is 1. The summed E-state index contributed by atoms with van der Waals surface area (Å²) < 4.78 is 0. The van der Waals surface area contributed by atoms with E-state index in [1.165, 1.54) is 25.8 Å². The highest BCUT2D eigenvalue weighted by Gasteiger charge is 2.33. The summed E-state index contributed by atoms with van der Waals surface area (Å²) in [6, 6.07) is 2.07. The molecular weight excluding hydrogens is 208 g/mol. The van der Waals surface area contributed by atoms with E-state index in [2.05, 4.69) is 51.9 Å². The van der Waals surface area contributed by atoms with E-state index in [9.17, 15) is 0 Å². The number of likely N-dealkylation sites (N-methyl/N-ethyl adjacent to an activating group) is 1. The lowest BCUT2D eigenvalue weighted by Gasteiger charge is -2.44. The van der Waals surface area contributed by atoms with Crippen LogP contribution in [0.25, 0.3) is 0 Å². The van der Waals surface area contributed by atoms with E-state index in [1.807, 2.05) is 0 Å². The van der Waals surface area contributed by atoms with Crippen molar-refractivity contribution in [3.05, 3.63) is 0 Å². The molecule has 0 saturated heterocycles. The molecule has 0 bridgehead atoms. The molecule has 0 heterocycles. The van der Waals surface area contributed by atoms with E-state index in [4.69, 9.17) is 0 Å². The second-order valence-corrected chi connectivity index (χ2v) is 6.57. The van der Waals surface area contributed by atoms with Gasteiger partial charge in [-0.25, -0.2) is 0 Å². The minimum Gasteiger partial charge on any atom is -0.315 e. The Morgan fingerprint density at radius 2 is 1.82 bits per heavy atom. The van der Waals surface area contributed by atoms with Crippen LogP contribution in [0.1, 0.15) is 53.9 Å². The summed E-state index contributed by atoms with van der Waals surface area (Å²) in [5, 5.41) is 3.54. The summed E-state index contributed by atoms with van der Waals surface area (Å²) in [6.07, 6.45) is 4.08. The first-order valence-electron chi connectivity index (χ1n) is 7.38. The lowest BCUT2D eigenvalue weighted by molar-refractivity contribution is 0.0668. The zero-order chi connectivity index (χ0) is 13.0. The monoisotopic (exact) mass is 240 g/mol. The van der Waals surface area contributed by atoms with Crippen LogP contribution in [0, 0.1) is 11.8 Å². The van der Waals surface area contributed by atoms with Crippen molar-refractivity contribution in [3.63, 3.8) is 0 Å². The van der Waals surface area contributed by atoms with Gasteiger partial charge in [-0.3, -0.25) is 4.90 Å². The van der Waals surface area contributed by atoms with Crippen molar-refractivity contribution in [1.29, 1.82) is 0 Å². The highest BCUT2D eigenvalue weighted by Crippen LogP contribution is 2.29. The fraction of sp³-hybridized carbons (Fsp3) is 1.00. The van der Waals surface area contributed by atoms with Crippen molar-refractivity contribution in [2.75, 3.05) is 13.6 Å². The van der Waals surface area contributed by atoms with Crippen LogP contribution in [0.15, 0.2) is 0 Å². The predicted octanol–water partition coefficient (Wildman–Crippen LogP) is 3.13. The number of nitrogens with zero attached hydrogens (tertiary/aromatic N) is 1. The van der Waals surface area contributed by atoms with Crippen LogP contribution in [0.4, 0.5) is 0 Å². The SMILES string of the molecule is CNC1CCC(C)CC1N(CC(C)C)C(C)C. The number of nitrogens with one attached hydrogen (secondary N) is 1. The molecule has 102 valence electrons. The number of hydrogen-bond acceptors (Lipinski definition) is 2. The lowest BCUT2D eigenvalue weighted by atomic mass is 9.82. The van der Waals surface area contributed by atoms with Gasteiger partial charge in [-0.05, 0) is 52.0 Å². The molecule has 2 nitrogen and oxygen atoms in total. The van der Waals surface area contributed by atoms with Gasteiger partial charge < -0.3 is 5.32 Å². The van der Waals surface area contributed by atoms with Crippen molar-refractivity contribution in [2.45, 2.75) is 72.0 Å². The summed E-state index contributed by atoms with van der Waals surface area (Å²) in [5.41, 5.74) is 0. The first kappa shape index (κ1) is 15.0. The molecule has 0 aromatic rings. The zero-order valence-electron chi connectivity index (χ0n) is 12.7. The standard InChI is InChI=1S/C15H32N2/c1-11(2)10-17(12(3)4)15-9-13(5)7-8-14(15)16-6/h11-16H,7-10H2,1-6H3. The Bertz CT molecular complexity index is 213. The Kier molecular flexibility index (Phi) is 5.94. The molecule has 3 unspecified atom stereocenters. The van der Waals surface area contributed by atoms with Crippen molar-refractivity contribution in [1.82, 2.24) is 10.2 Å². The molecule has 1 fully saturated rings. The first-order chi connectivity index (χ1) is 7.95. The molecule has 0 aromatic carbocycles. The molecule has 1 aliphatic rings. The molecule has 1 aliphatic carbocycles. The number of rotatable bonds is 5. The fourth-order valence-corrected chi connectivity index (χ4v) is 3.20. The van der Waals surface area contributed by atoms with E-state index in [0.717, 1.165) is 17.9 Å². The maximum Gasteiger partial charge on any atom is 0.0254 e. The fourth-order valence-electron chi connectivity index (χ4n) is 3.20. The summed E-state index contributed by atoms with van der Waals surface area (Å²) in [5.74, 6) is 1.64. The normalized spacial score (nSPS) is 30.5. The summed E-state index contributed by atoms with van der Waals surface area (Å²) in [7, 11) is 2.13. The third kappa shape index (κ3) is 4.26. The average molecular weight is 240 g/mol. The van der Waals surface area contributed by atoms with E-state index < -0.39 is 0 Å². The van der Waals surface area contributed by atoms with Crippen LogP contribution in [-0.4, -0.2) is 36.6 Å². The van der Waals surface area contributed by atoms with Gasteiger partial charge in [-0.2, -0.15) is 0 Å². The zero-order valence-corrected chi connectivity index (χ0v) is 12.7. The highest BCUT2D eigenvalue weighted by atomic mass is 15.2. The van der Waals surface area contributed by atoms with Crippen LogP contribution in [0.2, 0.25) is 0 Å². The topological polar surface area (TPSA) is 15.3 Å². The van der Waals surface area contributed by atoms with Crippen LogP contribution in [0.5, 0.6) is 0 Å². The van der Waals surface area contributed by atoms with E-state index in [1.54, 1.807) is 0 Å². The molecule has 0 aromatic heterocycles. The van der Waals surface area contributed by atoms with Gasteiger partial charge in [0.1, 0.15) is 0 Å². The molecule has 0 amide bonds. The van der Waals surface area contributed by atoms with Gasteiger partial charge in [-0.1, -0.05) is 20.8 Å². The van der Waals surface area contributed by atoms with Crippen molar-refractivity contribution >= 4 is 0 Å².